The van der Waals surface area contributed by atoms with Crippen molar-refractivity contribution in [2.45, 2.75) is 13.1 Å². The molecule has 2 aromatic heterocycles. The van der Waals surface area contributed by atoms with Crippen molar-refractivity contribution in [2.24, 2.45) is 0 Å². The third kappa shape index (κ3) is 3.87. The van der Waals surface area contributed by atoms with Gasteiger partial charge in [-0.1, -0.05) is 0 Å². The van der Waals surface area contributed by atoms with Gasteiger partial charge in [0.25, 0.3) is 0 Å². The number of nitrogens with one attached hydrogen (secondary N) is 1. The van der Waals surface area contributed by atoms with Crippen LogP contribution in [0.25, 0.3) is 11.5 Å². The number of aryl methyl sites for hydroxylation is 1. The van der Waals surface area contributed by atoms with Crippen LogP contribution in [0.3, 0.4) is 0 Å². The molecule has 6 nitrogen and oxygen atoms in total. The number of anilines is 2. The summed E-state index contributed by atoms with van der Waals surface area (Å²) in [7, 11) is 1.30. The molecule has 0 fully saturated rings. The monoisotopic (exact) mass is 350 g/mol. The van der Waals surface area contributed by atoms with Gasteiger partial charge in [0.2, 0.25) is 11.8 Å². The van der Waals surface area contributed by atoms with Crippen molar-refractivity contribution < 1.29 is 22.3 Å². The summed E-state index contributed by atoms with van der Waals surface area (Å²) in [6.45, 7) is 1.66. The first kappa shape index (κ1) is 16.7. The predicted octanol–water partition coefficient (Wildman–Crippen LogP) is 4.21. The molecule has 0 bridgehead atoms. The van der Waals surface area contributed by atoms with Crippen LogP contribution in [0.2, 0.25) is 0 Å². The maximum atomic E-state index is 13.0. The van der Waals surface area contributed by atoms with Gasteiger partial charge in [-0.05, 0) is 24.3 Å². The van der Waals surface area contributed by atoms with Gasteiger partial charge >= 0.3 is 6.18 Å². The molecule has 2 heterocycles. The van der Waals surface area contributed by atoms with Crippen molar-refractivity contribution in [3.63, 3.8) is 0 Å². The lowest BCUT2D eigenvalue weighted by Crippen LogP contribution is -2.06. The van der Waals surface area contributed by atoms with Gasteiger partial charge in [-0.25, -0.2) is 4.98 Å². The molecule has 1 N–H and O–H groups in total. The summed E-state index contributed by atoms with van der Waals surface area (Å²) >= 11 is 0. The minimum absolute atomic E-state index is 0.0843. The number of alkyl halides is 3. The highest BCUT2D eigenvalue weighted by Crippen LogP contribution is 2.35. The first-order valence-corrected chi connectivity index (χ1v) is 7.15. The van der Waals surface area contributed by atoms with Crippen LogP contribution >= 0.6 is 0 Å². The zero-order valence-electron chi connectivity index (χ0n) is 13.3. The first-order chi connectivity index (χ1) is 11.8. The van der Waals surface area contributed by atoms with E-state index in [4.69, 9.17) is 9.15 Å². The number of ether oxygens (including phenoxy) is 1. The fourth-order valence-electron chi connectivity index (χ4n) is 2.15. The van der Waals surface area contributed by atoms with Crippen molar-refractivity contribution in [1.29, 1.82) is 0 Å². The molecule has 0 radical (unpaired) electrons. The summed E-state index contributed by atoms with van der Waals surface area (Å²) in [5.74, 6) is 1.12. The standard InChI is InChI=1S/C16H13F3N4O2/c1-9-22-23-15(25-9)10-3-4-20-14(5-10)21-12-6-11(16(17,18)19)7-13(8-12)24-2/h3-8H,1-2H3,(H,20,21). The summed E-state index contributed by atoms with van der Waals surface area (Å²) in [4.78, 5) is 4.09. The smallest absolute Gasteiger partial charge is 0.416 e. The number of hydrogen-bond acceptors (Lipinski definition) is 6. The molecule has 130 valence electrons. The summed E-state index contributed by atoms with van der Waals surface area (Å²) in [6, 6.07) is 6.61. The highest BCUT2D eigenvalue weighted by molar-refractivity contribution is 5.64. The molecule has 0 atom stereocenters. The van der Waals surface area contributed by atoms with Crippen LogP contribution in [0.5, 0.6) is 5.75 Å². The lowest BCUT2D eigenvalue weighted by Gasteiger charge is -2.13. The predicted molar refractivity (Wildman–Crippen MR) is 83.5 cm³/mol. The maximum absolute atomic E-state index is 13.0. The lowest BCUT2D eigenvalue weighted by atomic mass is 10.1. The number of aromatic nitrogens is 3. The number of rotatable bonds is 4. The topological polar surface area (TPSA) is 73.1 Å². The molecule has 3 rings (SSSR count). The quantitative estimate of drug-likeness (QED) is 0.760. The van der Waals surface area contributed by atoms with Gasteiger partial charge in [0.05, 0.1) is 12.7 Å². The van der Waals surface area contributed by atoms with E-state index in [1.54, 1.807) is 19.1 Å². The van der Waals surface area contributed by atoms with E-state index in [-0.39, 0.29) is 11.4 Å². The number of halogens is 3. The third-order valence-corrected chi connectivity index (χ3v) is 3.27. The van der Waals surface area contributed by atoms with Crippen molar-refractivity contribution in [3.05, 3.63) is 48.0 Å². The number of benzene rings is 1. The Morgan fingerprint density at radius 3 is 2.56 bits per heavy atom. The Hall–Kier alpha value is -3.10. The minimum atomic E-state index is -4.48. The Bertz CT molecular complexity index is 893. The van der Waals surface area contributed by atoms with Crippen molar-refractivity contribution in [3.8, 4) is 17.2 Å². The molecule has 3 aromatic rings. The Morgan fingerprint density at radius 2 is 1.92 bits per heavy atom. The molecule has 9 heteroatoms. The van der Waals surface area contributed by atoms with E-state index in [0.29, 0.717) is 23.2 Å². The fraction of sp³-hybridized carbons (Fsp3) is 0.188. The fourth-order valence-corrected chi connectivity index (χ4v) is 2.15. The van der Waals surface area contributed by atoms with Crippen LogP contribution in [-0.2, 0) is 6.18 Å². The van der Waals surface area contributed by atoms with E-state index >= 15 is 0 Å². The summed E-state index contributed by atoms with van der Waals surface area (Å²) < 4.78 is 49.2. The second-order valence-electron chi connectivity index (χ2n) is 5.13. The molecular weight excluding hydrogens is 337 g/mol. The van der Waals surface area contributed by atoms with E-state index in [9.17, 15) is 13.2 Å². The Morgan fingerprint density at radius 1 is 1.12 bits per heavy atom. The van der Waals surface area contributed by atoms with Crippen LogP contribution in [0.15, 0.2) is 40.9 Å². The summed E-state index contributed by atoms with van der Waals surface area (Å²) in [5, 5.41) is 10.5. The average molecular weight is 350 g/mol. The van der Waals surface area contributed by atoms with E-state index in [1.807, 2.05) is 0 Å². The molecule has 0 aliphatic rings. The van der Waals surface area contributed by atoms with Gasteiger partial charge in [0.1, 0.15) is 11.6 Å². The molecule has 0 saturated carbocycles. The molecule has 1 aromatic carbocycles. The van der Waals surface area contributed by atoms with Crippen molar-refractivity contribution in [1.82, 2.24) is 15.2 Å². The molecule has 0 aliphatic carbocycles. The van der Waals surface area contributed by atoms with E-state index < -0.39 is 11.7 Å². The van der Waals surface area contributed by atoms with E-state index in [2.05, 4.69) is 20.5 Å². The Kier molecular flexibility index (Phi) is 4.30. The van der Waals surface area contributed by atoms with Gasteiger partial charge in [-0.2, -0.15) is 13.2 Å². The first-order valence-electron chi connectivity index (χ1n) is 7.15. The van der Waals surface area contributed by atoms with Gasteiger partial charge in [0, 0.05) is 30.4 Å². The Labute approximate surface area is 140 Å². The van der Waals surface area contributed by atoms with Gasteiger partial charge < -0.3 is 14.5 Å². The molecule has 0 unspecified atom stereocenters. The minimum Gasteiger partial charge on any atom is -0.497 e. The zero-order valence-corrected chi connectivity index (χ0v) is 13.3. The van der Waals surface area contributed by atoms with E-state index in [1.165, 1.54) is 19.4 Å². The van der Waals surface area contributed by atoms with Crippen LogP contribution in [-0.4, -0.2) is 22.3 Å². The van der Waals surface area contributed by atoms with Crippen LogP contribution < -0.4 is 10.1 Å². The number of nitrogens with zero attached hydrogens (tertiary/aromatic N) is 3. The highest BCUT2D eigenvalue weighted by Gasteiger charge is 2.31. The van der Waals surface area contributed by atoms with Crippen LogP contribution in [0.4, 0.5) is 24.7 Å². The molecule has 25 heavy (non-hydrogen) atoms. The SMILES string of the molecule is COc1cc(Nc2cc(-c3nnc(C)o3)ccn2)cc(C(F)(F)F)c1. The summed E-state index contributed by atoms with van der Waals surface area (Å²) in [5.41, 5.74) is -0.0342. The third-order valence-electron chi connectivity index (χ3n) is 3.27. The summed E-state index contributed by atoms with van der Waals surface area (Å²) in [6.07, 6.45) is -3.00. The molecule has 0 amide bonds. The normalized spacial score (nSPS) is 11.4. The largest absolute Gasteiger partial charge is 0.497 e. The van der Waals surface area contributed by atoms with Gasteiger partial charge in [-0.15, -0.1) is 10.2 Å². The van der Waals surface area contributed by atoms with Crippen LogP contribution in [0, 0.1) is 6.92 Å². The average Bonchev–Trinajstić information content (AvgIpc) is 3.00. The number of pyridine rings is 1. The number of methoxy groups -OCH3 is 1. The van der Waals surface area contributed by atoms with Gasteiger partial charge in [-0.3, -0.25) is 0 Å². The maximum Gasteiger partial charge on any atom is 0.416 e. The van der Waals surface area contributed by atoms with Gasteiger partial charge in [0.15, 0.2) is 0 Å². The zero-order chi connectivity index (χ0) is 18.0. The van der Waals surface area contributed by atoms with E-state index in [0.717, 1.165) is 12.1 Å². The lowest BCUT2D eigenvalue weighted by molar-refractivity contribution is -0.137. The van der Waals surface area contributed by atoms with Crippen LogP contribution in [0.1, 0.15) is 11.5 Å². The highest BCUT2D eigenvalue weighted by atomic mass is 19.4. The molecule has 0 aliphatic heterocycles. The molecular formula is C16H13F3N4O2. The van der Waals surface area contributed by atoms with Crippen molar-refractivity contribution in [2.75, 3.05) is 12.4 Å². The van der Waals surface area contributed by atoms with Crippen molar-refractivity contribution >= 4 is 11.5 Å². The second kappa shape index (κ2) is 6.42. The molecule has 0 saturated heterocycles. The Balaban J connectivity index is 1.92. The second-order valence-corrected chi connectivity index (χ2v) is 5.13. The number of hydrogen-bond donors (Lipinski definition) is 1. The molecule has 0 spiro atoms.